The predicted molar refractivity (Wildman–Crippen MR) is 120 cm³/mol. The second-order valence-electron chi connectivity index (χ2n) is 7.04. The summed E-state index contributed by atoms with van der Waals surface area (Å²) in [5.74, 6) is -0.419. The first-order valence-electron chi connectivity index (χ1n) is 9.98. The Morgan fingerprint density at radius 3 is 2.10 bits per heavy atom. The van der Waals surface area contributed by atoms with E-state index >= 15 is 0 Å². The van der Waals surface area contributed by atoms with Gasteiger partial charge >= 0.3 is 0 Å². The van der Waals surface area contributed by atoms with Crippen LogP contribution in [-0.2, 0) is 20.0 Å². The Morgan fingerprint density at radius 2 is 1.52 bits per heavy atom. The van der Waals surface area contributed by atoms with Crippen LogP contribution in [0.2, 0.25) is 0 Å². The number of rotatable bonds is 10. The first kappa shape index (κ1) is 25.0. The number of sulfonamides is 2. The Bertz CT molecular complexity index is 1120. The average molecular weight is 468 g/mol. The van der Waals surface area contributed by atoms with E-state index in [2.05, 4.69) is 10.0 Å². The first-order chi connectivity index (χ1) is 14.5. The van der Waals surface area contributed by atoms with Gasteiger partial charge in [-0.2, -0.15) is 4.31 Å². The molecule has 170 valence electrons. The van der Waals surface area contributed by atoms with E-state index in [1.807, 2.05) is 13.0 Å². The third-order valence-corrected chi connectivity index (χ3v) is 8.46. The Balaban J connectivity index is 1.95. The van der Waals surface area contributed by atoms with Gasteiger partial charge in [-0.15, -0.1) is 0 Å². The normalized spacial score (nSPS) is 12.2. The molecule has 31 heavy (non-hydrogen) atoms. The molecular formula is C21H29N3O5S2. The molecule has 0 heterocycles. The zero-order valence-corrected chi connectivity index (χ0v) is 19.8. The third kappa shape index (κ3) is 6.13. The second-order valence-corrected chi connectivity index (χ2v) is 10.7. The minimum absolute atomic E-state index is 0.0237. The largest absolute Gasteiger partial charge is 0.351 e. The molecule has 0 spiro atoms. The van der Waals surface area contributed by atoms with E-state index in [9.17, 15) is 21.6 Å². The molecule has 2 aromatic carbocycles. The van der Waals surface area contributed by atoms with E-state index < -0.39 is 26.0 Å². The second kappa shape index (κ2) is 10.4. The van der Waals surface area contributed by atoms with Crippen LogP contribution in [0.1, 0.15) is 35.3 Å². The lowest BCUT2D eigenvalue weighted by atomic mass is 10.2. The van der Waals surface area contributed by atoms with Crippen LogP contribution in [0.4, 0.5) is 0 Å². The van der Waals surface area contributed by atoms with Gasteiger partial charge in [0.1, 0.15) is 0 Å². The van der Waals surface area contributed by atoms with E-state index in [0.29, 0.717) is 18.7 Å². The Hall–Kier alpha value is -2.27. The molecule has 0 fully saturated rings. The van der Waals surface area contributed by atoms with Gasteiger partial charge in [-0.25, -0.2) is 21.6 Å². The van der Waals surface area contributed by atoms with E-state index in [0.717, 1.165) is 5.56 Å². The standard InChI is InChI=1S/C21H29N3O5S2/c1-5-24(6-2)31(28,29)19-11-9-18(10-12-19)21(25)22-13-14-23-30(26,27)20-15-16(3)7-8-17(20)4/h7-12,15,23H,5-6,13-14H2,1-4H3,(H,22,25). The fraction of sp³-hybridized carbons (Fsp3) is 0.381. The van der Waals surface area contributed by atoms with Gasteiger partial charge in [0.2, 0.25) is 20.0 Å². The molecule has 2 N–H and O–H groups in total. The molecule has 0 aliphatic heterocycles. The number of nitrogens with one attached hydrogen (secondary N) is 2. The molecule has 0 unspecified atom stereocenters. The van der Waals surface area contributed by atoms with Crippen molar-refractivity contribution in [2.24, 2.45) is 0 Å². The minimum atomic E-state index is -3.68. The van der Waals surface area contributed by atoms with Gasteiger partial charge in [0.05, 0.1) is 9.79 Å². The predicted octanol–water partition coefficient (Wildman–Crippen LogP) is 2.04. The zero-order chi connectivity index (χ0) is 23.2. The molecule has 0 bridgehead atoms. The number of nitrogens with zero attached hydrogens (tertiary/aromatic N) is 1. The van der Waals surface area contributed by atoms with Gasteiger partial charge < -0.3 is 5.32 Å². The van der Waals surface area contributed by atoms with Crippen molar-refractivity contribution in [3.05, 3.63) is 59.2 Å². The number of hydrogen-bond donors (Lipinski definition) is 2. The highest BCUT2D eigenvalue weighted by atomic mass is 32.2. The smallest absolute Gasteiger partial charge is 0.251 e. The van der Waals surface area contributed by atoms with Crippen LogP contribution in [0.5, 0.6) is 0 Å². The molecule has 0 saturated carbocycles. The Labute approximate surface area is 184 Å². The van der Waals surface area contributed by atoms with Crippen molar-refractivity contribution in [3.8, 4) is 0 Å². The van der Waals surface area contributed by atoms with Crippen molar-refractivity contribution in [2.75, 3.05) is 26.2 Å². The van der Waals surface area contributed by atoms with Crippen molar-refractivity contribution in [2.45, 2.75) is 37.5 Å². The maximum Gasteiger partial charge on any atom is 0.251 e. The Kier molecular flexibility index (Phi) is 8.35. The maximum atomic E-state index is 12.5. The molecule has 10 heteroatoms. The molecule has 0 aliphatic carbocycles. The zero-order valence-electron chi connectivity index (χ0n) is 18.2. The third-order valence-electron chi connectivity index (χ3n) is 4.80. The summed E-state index contributed by atoms with van der Waals surface area (Å²) in [5.41, 5.74) is 1.77. The highest BCUT2D eigenvalue weighted by Crippen LogP contribution is 2.17. The fourth-order valence-corrected chi connectivity index (χ4v) is 5.85. The van der Waals surface area contributed by atoms with Crippen molar-refractivity contribution in [1.82, 2.24) is 14.3 Å². The lowest BCUT2D eigenvalue weighted by molar-refractivity contribution is 0.0954. The van der Waals surface area contributed by atoms with Gasteiger partial charge in [0.25, 0.3) is 5.91 Å². The molecule has 2 aromatic rings. The molecule has 0 aromatic heterocycles. The summed E-state index contributed by atoms with van der Waals surface area (Å²) in [5, 5.41) is 2.63. The fourth-order valence-electron chi connectivity index (χ4n) is 3.03. The number of amides is 1. The topological polar surface area (TPSA) is 113 Å². The molecule has 0 atom stereocenters. The summed E-state index contributed by atoms with van der Waals surface area (Å²) in [6.45, 7) is 7.89. The molecule has 0 saturated heterocycles. The monoisotopic (exact) mass is 467 g/mol. The molecule has 2 rings (SSSR count). The van der Waals surface area contributed by atoms with Crippen LogP contribution in [0.15, 0.2) is 52.3 Å². The lowest BCUT2D eigenvalue weighted by Crippen LogP contribution is -2.35. The van der Waals surface area contributed by atoms with Crippen LogP contribution in [-0.4, -0.2) is 53.2 Å². The van der Waals surface area contributed by atoms with Crippen LogP contribution in [0.25, 0.3) is 0 Å². The van der Waals surface area contributed by atoms with E-state index in [1.54, 1.807) is 32.9 Å². The number of carbonyl (C=O) groups is 1. The average Bonchev–Trinajstić information content (AvgIpc) is 2.73. The quantitative estimate of drug-likeness (QED) is 0.519. The minimum Gasteiger partial charge on any atom is -0.351 e. The van der Waals surface area contributed by atoms with E-state index in [1.165, 1.54) is 28.6 Å². The van der Waals surface area contributed by atoms with Crippen molar-refractivity contribution in [1.29, 1.82) is 0 Å². The van der Waals surface area contributed by atoms with Crippen molar-refractivity contribution < 1.29 is 21.6 Å². The highest BCUT2D eigenvalue weighted by molar-refractivity contribution is 7.89. The number of carbonyl (C=O) groups excluding carboxylic acids is 1. The lowest BCUT2D eigenvalue weighted by Gasteiger charge is -2.18. The maximum absolute atomic E-state index is 12.5. The number of benzene rings is 2. The first-order valence-corrected chi connectivity index (χ1v) is 12.9. The van der Waals surface area contributed by atoms with Crippen molar-refractivity contribution in [3.63, 3.8) is 0 Å². The van der Waals surface area contributed by atoms with Crippen LogP contribution in [0, 0.1) is 13.8 Å². The molecule has 0 radical (unpaired) electrons. The SMILES string of the molecule is CCN(CC)S(=O)(=O)c1ccc(C(=O)NCCNS(=O)(=O)c2cc(C)ccc2C)cc1. The summed E-state index contributed by atoms with van der Waals surface area (Å²) in [7, 11) is -7.27. The molecule has 0 aliphatic rings. The van der Waals surface area contributed by atoms with Crippen LogP contribution in [0.3, 0.4) is 0 Å². The summed E-state index contributed by atoms with van der Waals surface area (Å²) >= 11 is 0. The van der Waals surface area contributed by atoms with Gasteiger partial charge in [-0.1, -0.05) is 26.0 Å². The van der Waals surface area contributed by atoms with Gasteiger partial charge in [0, 0.05) is 31.7 Å². The van der Waals surface area contributed by atoms with E-state index in [-0.39, 0.29) is 28.4 Å². The van der Waals surface area contributed by atoms with Crippen LogP contribution >= 0.6 is 0 Å². The summed E-state index contributed by atoms with van der Waals surface area (Å²) in [6, 6.07) is 10.8. The molecular weight excluding hydrogens is 438 g/mol. The van der Waals surface area contributed by atoms with Gasteiger partial charge in [-0.05, 0) is 55.3 Å². The molecule has 8 nitrogen and oxygen atoms in total. The van der Waals surface area contributed by atoms with Gasteiger partial charge in [-0.3, -0.25) is 4.79 Å². The van der Waals surface area contributed by atoms with E-state index in [4.69, 9.17) is 0 Å². The van der Waals surface area contributed by atoms with Gasteiger partial charge in [0.15, 0.2) is 0 Å². The Morgan fingerprint density at radius 1 is 0.903 bits per heavy atom. The summed E-state index contributed by atoms with van der Waals surface area (Å²) in [4.78, 5) is 12.6. The summed E-state index contributed by atoms with van der Waals surface area (Å²) < 4.78 is 53.8. The highest BCUT2D eigenvalue weighted by Gasteiger charge is 2.22. The molecule has 1 amide bonds. The van der Waals surface area contributed by atoms with Crippen molar-refractivity contribution >= 4 is 26.0 Å². The summed E-state index contributed by atoms with van der Waals surface area (Å²) in [6.07, 6.45) is 0. The number of aryl methyl sites for hydroxylation is 2. The van der Waals surface area contributed by atoms with Crippen LogP contribution < -0.4 is 10.0 Å². The number of hydrogen-bond acceptors (Lipinski definition) is 5.